The summed E-state index contributed by atoms with van der Waals surface area (Å²) >= 11 is 0. The predicted molar refractivity (Wildman–Crippen MR) is 107 cm³/mol. The second kappa shape index (κ2) is 8.19. The van der Waals surface area contributed by atoms with E-state index in [1.807, 2.05) is 42.5 Å². The van der Waals surface area contributed by atoms with Gasteiger partial charge < -0.3 is 15.7 Å². The molecular weight excluding hydrogens is 340 g/mol. The molecule has 0 aliphatic heterocycles. The van der Waals surface area contributed by atoms with Gasteiger partial charge in [0, 0.05) is 17.6 Å². The van der Waals surface area contributed by atoms with Crippen LogP contribution in [0.2, 0.25) is 0 Å². The van der Waals surface area contributed by atoms with E-state index in [0.29, 0.717) is 24.0 Å². The van der Waals surface area contributed by atoms with E-state index in [1.54, 1.807) is 18.2 Å². The summed E-state index contributed by atoms with van der Waals surface area (Å²) in [5, 5.41) is 17.5. The molecule has 0 saturated carbocycles. The third-order valence-corrected chi connectivity index (χ3v) is 4.29. The van der Waals surface area contributed by atoms with Crippen LogP contribution in [0, 0.1) is 0 Å². The molecule has 5 nitrogen and oxygen atoms in total. The summed E-state index contributed by atoms with van der Waals surface area (Å²) in [5.41, 5.74) is 1.82. The third-order valence-electron chi connectivity index (χ3n) is 4.29. The highest BCUT2D eigenvalue weighted by Crippen LogP contribution is 2.28. The summed E-state index contributed by atoms with van der Waals surface area (Å²) in [4.78, 5) is 24.0. The maximum absolute atomic E-state index is 12.5. The number of hydrogen-bond donors (Lipinski definition) is 3. The number of hydrogen-bond acceptors (Lipinski definition) is 3. The predicted octanol–water partition coefficient (Wildman–Crippen LogP) is 3.64. The lowest BCUT2D eigenvalue weighted by molar-refractivity contribution is -0.111. The molecular formula is C22H20N2O3. The van der Waals surface area contributed by atoms with E-state index in [1.165, 1.54) is 6.08 Å². The number of nitrogens with one attached hydrogen (secondary N) is 2. The highest BCUT2D eigenvalue weighted by molar-refractivity contribution is 6.03. The van der Waals surface area contributed by atoms with Crippen molar-refractivity contribution in [3.63, 3.8) is 0 Å². The highest BCUT2D eigenvalue weighted by atomic mass is 16.3. The van der Waals surface area contributed by atoms with E-state index < -0.39 is 0 Å². The Morgan fingerprint density at radius 1 is 1.00 bits per heavy atom. The number of fused-ring (bicyclic) bond motifs is 1. The standard InChI is InChI=1S/C22H20N2O3/c1-2-20(25)24-19-10-6-4-8-16(19)13-14-23-22(27)18-12-11-15-7-3-5-9-17(15)21(18)26/h2-12,26H,1,13-14H2,(H,23,27)(H,24,25). The zero-order valence-corrected chi connectivity index (χ0v) is 14.7. The van der Waals surface area contributed by atoms with Crippen molar-refractivity contribution in [3.8, 4) is 5.75 Å². The van der Waals surface area contributed by atoms with Crippen LogP contribution in [0.3, 0.4) is 0 Å². The number of phenols is 1. The molecule has 3 aromatic carbocycles. The van der Waals surface area contributed by atoms with Gasteiger partial charge in [-0.2, -0.15) is 0 Å². The number of para-hydroxylation sites is 1. The van der Waals surface area contributed by atoms with Gasteiger partial charge in [0.2, 0.25) is 5.91 Å². The van der Waals surface area contributed by atoms with Gasteiger partial charge in [-0.25, -0.2) is 0 Å². The lowest BCUT2D eigenvalue weighted by atomic mass is 10.0. The number of carbonyl (C=O) groups excluding carboxylic acids is 2. The topological polar surface area (TPSA) is 78.4 Å². The molecule has 0 atom stereocenters. The Balaban J connectivity index is 1.68. The summed E-state index contributed by atoms with van der Waals surface area (Å²) in [7, 11) is 0. The maximum Gasteiger partial charge on any atom is 0.255 e. The van der Waals surface area contributed by atoms with Crippen molar-refractivity contribution in [3.05, 3.63) is 84.4 Å². The van der Waals surface area contributed by atoms with Crippen LogP contribution in [0.4, 0.5) is 5.69 Å². The fourth-order valence-corrected chi connectivity index (χ4v) is 2.89. The molecule has 5 heteroatoms. The van der Waals surface area contributed by atoms with Gasteiger partial charge in [-0.05, 0) is 35.6 Å². The molecule has 0 radical (unpaired) electrons. The second-order valence-electron chi connectivity index (χ2n) is 6.04. The zero-order chi connectivity index (χ0) is 19.2. The average Bonchev–Trinajstić information content (AvgIpc) is 2.69. The van der Waals surface area contributed by atoms with Crippen molar-refractivity contribution in [1.29, 1.82) is 0 Å². The van der Waals surface area contributed by atoms with E-state index in [9.17, 15) is 14.7 Å². The molecule has 3 rings (SSSR count). The number of amides is 2. The monoisotopic (exact) mass is 360 g/mol. The SMILES string of the molecule is C=CC(=O)Nc1ccccc1CCNC(=O)c1ccc2ccccc2c1O. The first kappa shape index (κ1) is 18.2. The Hall–Kier alpha value is -3.60. The molecule has 0 bridgehead atoms. The Kier molecular flexibility index (Phi) is 5.52. The van der Waals surface area contributed by atoms with Crippen molar-refractivity contribution in [2.75, 3.05) is 11.9 Å². The lowest BCUT2D eigenvalue weighted by Gasteiger charge is -2.12. The van der Waals surface area contributed by atoms with Crippen molar-refractivity contribution in [2.45, 2.75) is 6.42 Å². The van der Waals surface area contributed by atoms with Crippen LogP contribution in [-0.4, -0.2) is 23.5 Å². The molecule has 0 aliphatic rings. The summed E-state index contributed by atoms with van der Waals surface area (Å²) in [6.07, 6.45) is 1.74. The van der Waals surface area contributed by atoms with Gasteiger partial charge >= 0.3 is 0 Å². The number of anilines is 1. The van der Waals surface area contributed by atoms with Crippen LogP contribution in [0.25, 0.3) is 10.8 Å². The smallest absolute Gasteiger partial charge is 0.255 e. The number of benzene rings is 3. The lowest BCUT2D eigenvalue weighted by Crippen LogP contribution is -2.26. The zero-order valence-electron chi connectivity index (χ0n) is 14.7. The number of phenolic OH excluding ortho intramolecular Hbond substituents is 1. The molecule has 0 spiro atoms. The van der Waals surface area contributed by atoms with Crippen LogP contribution in [0.5, 0.6) is 5.75 Å². The second-order valence-corrected chi connectivity index (χ2v) is 6.04. The van der Waals surface area contributed by atoms with Gasteiger partial charge in [0.05, 0.1) is 5.56 Å². The molecule has 0 aromatic heterocycles. The van der Waals surface area contributed by atoms with Crippen molar-refractivity contribution in [2.24, 2.45) is 0 Å². The molecule has 27 heavy (non-hydrogen) atoms. The van der Waals surface area contributed by atoms with Crippen LogP contribution in [-0.2, 0) is 11.2 Å². The molecule has 0 unspecified atom stereocenters. The molecule has 2 amide bonds. The first-order valence-electron chi connectivity index (χ1n) is 8.60. The van der Waals surface area contributed by atoms with E-state index >= 15 is 0 Å². The van der Waals surface area contributed by atoms with E-state index in [0.717, 1.165) is 10.9 Å². The number of aromatic hydroxyl groups is 1. The van der Waals surface area contributed by atoms with Crippen molar-refractivity contribution < 1.29 is 14.7 Å². The third kappa shape index (κ3) is 4.15. The minimum atomic E-state index is -0.342. The molecule has 3 N–H and O–H groups in total. The quantitative estimate of drug-likeness (QED) is 0.587. The van der Waals surface area contributed by atoms with Gasteiger partial charge in [0.15, 0.2) is 0 Å². The minimum Gasteiger partial charge on any atom is -0.506 e. The van der Waals surface area contributed by atoms with Crippen LogP contribution in [0.15, 0.2) is 73.3 Å². The largest absolute Gasteiger partial charge is 0.506 e. The van der Waals surface area contributed by atoms with E-state index in [-0.39, 0.29) is 23.1 Å². The highest BCUT2D eigenvalue weighted by Gasteiger charge is 2.13. The fraction of sp³-hybridized carbons (Fsp3) is 0.0909. The van der Waals surface area contributed by atoms with Crippen LogP contribution in [0.1, 0.15) is 15.9 Å². The van der Waals surface area contributed by atoms with Gasteiger partial charge in [-0.15, -0.1) is 0 Å². The number of carbonyl (C=O) groups is 2. The average molecular weight is 360 g/mol. The van der Waals surface area contributed by atoms with Gasteiger partial charge in [0.1, 0.15) is 5.75 Å². The van der Waals surface area contributed by atoms with Crippen molar-refractivity contribution >= 4 is 28.3 Å². The molecule has 0 saturated heterocycles. The van der Waals surface area contributed by atoms with Crippen molar-refractivity contribution in [1.82, 2.24) is 5.32 Å². The Bertz CT molecular complexity index is 1010. The molecule has 0 fully saturated rings. The van der Waals surface area contributed by atoms with Crippen LogP contribution >= 0.6 is 0 Å². The van der Waals surface area contributed by atoms with Gasteiger partial charge in [-0.1, -0.05) is 55.1 Å². The summed E-state index contributed by atoms with van der Waals surface area (Å²) in [6, 6.07) is 18.2. The maximum atomic E-state index is 12.5. The molecule has 3 aromatic rings. The van der Waals surface area contributed by atoms with Crippen LogP contribution < -0.4 is 10.6 Å². The Morgan fingerprint density at radius 3 is 2.56 bits per heavy atom. The fourth-order valence-electron chi connectivity index (χ4n) is 2.89. The number of rotatable bonds is 6. The van der Waals surface area contributed by atoms with Gasteiger partial charge in [0.25, 0.3) is 5.91 Å². The molecule has 0 aliphatic carbocycles. The Morgan fingerprint density at radius 2 is 1.74 bits per heavy atom. The normalized spacial score (nSPS) is 10.4. The Labute approximate surface area is 157 Å². The minimum absolute atomic E-state index is 0.0238. The first-order valence-corrected chi connectivity index (χ1v) is 8.60. The summed E-state index contributed by atoms with van der Waals surface area (Å²) in [6.45, 7) is 3.81. The molecule has 0 heterocycles. The van der Waals surface area contributed by atoms with E-state index in [4.69, 9.17) is 0 Å². The first-order chi connectivity index (χ1) is 13.1. The summed E-state index contributed by atoms with van der Waals surface area (Å²) < 4.78 is 0. The summed E-state index contributed by atoms with van der Waals surface area (Å²) in [5.74, 6) is -0.650. The van der Waals surface area contributed by atoms with E-state index in [2.05, 4.69) is 17.2 Å². The van der Waals surface area contributed by atoms with Gasteiger partial charge in [-0.3, -0.25) is 9.59 Å². The molecule has 136 valence electrons.